The van der Waals surface area contributed by atoms with Gasteiger partial charge in [-0.1, -0.05) is 18.5 Å². The fraction of sp³-hybridized carbons (Fsp3) is 0.875. The molecule has 2 saturated carbocycles. The van der Waals surface area contributed by atoms with Crippen LogP contribution in [0.15, 0.2) is 4.52 Å². The molecule has 2 fully saturated rings. The molecule has 1 aromatic rings. The first-order chi connectivity index (χ1) is 9.98. The van der Waals surface area contributed by atoms with E-state index in [1.807, 2.05) is 13.8 Å². The van der Waals surface area contributed by atoms with Gasteiger partial charge in [0.25, 0.3) is 0 Å². The zero-order valence-corrected chi connectivity index (χ0v) is 13.4. The first kappa shape index (κ1) is 15.0. The third kappa shape index (κ3) is 2.73. The highest BCUT2D eigenvalue weighted by atomic mass is 16.5. The van der Waals surface area contributed by atoms with Crippen molar-refractivity contribution in [3.8, 4) is 0 Å². The molecule has 5 heteroatoms. The van der Waals surface area contributed by atoms with Crippen molar-refractivity contribution in [1.29, 1.82) is 0 Å². The monoisotopic (exact) mass is 293 g/mol. The Kier molecular flexibility index (Phi) is 3.82. The van der Waals surface area contributed by atoms with Crippen LogP contribution in [0.3, 0.4) is 0 Å². The molecule has 3 unspecified atom stereocenters. The summed E-state index contributed by atoms with van der Waals surface area (Å²) in [6.45, 7) is 6.96. The minimum Gasteiger partial charge on any atom is -0.367 e. The van der Waals surface area contributed by atoms with Crippen LogP contribution in [0.5, 0.6) is 0 Å². The Bertz CT molecular complexity index is 491. The van der Waals surface area contributed by atoms with Gasteiger partial charge in [0.05, 0.1) is 5.54 Å². The predicted octanol–water partition coefficient (Wildman–Crippen LogP) is 3.10. The van der Waals surface area contributed by atoms with Crippen LogP contribution < -0.4 is 5.73 Å². The van der Waals surface area contributed by atoms with Gasteiger partial charge in [-0.3, -0.25) is 0 Å². The van der Waals surface area contributed by atoms with E-state index in [2.05, 4.69) is 17.1 Å². The maximum Gasteiger partial charge on any atom is 0.246 e. The van der Waals surface area contributed by atoms with Gasteiger partial charge in [0.1, 0.15) is 5.60 Å². The molecule has 2 aliphatic rings. The maximum absolute atomic E-state index is 6.39. The molecule has 3 atom stereocenters. The van der Waals surface area contributed by atoms with E-state index in [1.54, 1.807) is 0 Å². The molecule has 21 heavy (non-hydrogen) atoms. The molecule has 0 bridgehead atoms. The zero-order chi connectivity index (χ0) is 15.1. The van der Waals surface area contributed by atoms with Crippen LogP contribution in [0.2, 0.25) is 0 Å². The van der Waals surface area contributed by atoms with E-state index in [0.717, 1.165) is 32.1 Å². The standard InChI is InChI=1S/C16H27N3O2/c1-4-20-16(9-5-6-11(2)10-16)13-18-14(21-19-13)15(3,17)12-7-8-12/h11-12H,4-10,17H2,1-3H3. The molecule has 2 aliphatic carbocycles. The third-order valence-corrected chi connectivity index (χ3v) is 5.10. The zero-order valence-electron chi connectivity index (χ0n) is 13.4. The van der Waals surface area contributed by atoms with E-state index in [4.69, 9.17) is 15.0 Å². The van der Waals surface area contributed by atoms with E-state index in [1.165, 1.54) is 6.42 Å². The lowest BCUT2D eigenvalue weighted by atomic mass is 9.78. The maximum atomic E-state index is 6.39. The summed E-state index contributed by atoms with van der Waals surface area (Å²) in [5.41, 5.74) is 5.51. The second kappa shape index (κ2) is 5.36. The van der Waals surface area contributed by atoms with Crippen LogP contribution in [0.1, 0.15) is 71.0 Å². The molecule has 0 spiro atoms. The fourth-order valence-electron chi connectivity index (χ4n) is 3.66. The first-order valence-corrected chi connectivity index (χ1v) is 8.25. The second-order valence-electron chi connectivity index (χ2n) is 7.11. The second-order valence-corrected chi connectivity index (χ2v) is 7.11. The number of ether oxygens (including phenoxy) is 1. The third-order valence-electron chi connectivity index (χ3n) is 5.10. The van der Waals surface area contributed by atoms with Crippen LogP contribution in [0, 0.1) is 11.8 Å². The van der Waals surface area contributed by atoms with Gasteiger partial charge < -0.3 is 15.0 Å². The van der Waals surface area contributed by atoms with Crippen molar-refractivity contribution >= 4 is 0 Å². The van der Waals surface area contributed by atoms with E-state index in [9.17, 15) is 0 Å². The largest absolute Gasteiger partial charge is 0.367 e. The van der Waals surface area contributed by atoms with Gasteiger partial charge in [-0.25, -0.2) is 0 Å². The van der Waals surface area contributed by atoms with E-state index in [-0.39, 0.29) is 5.60 Å². The summed E-state index contributed by atoms with van der Waals surface area (Å²) in [6, 6.07) is 0. The van der Waals surface area contributed by atoms with Crippen LogP contribution in [0.4, 0.5) is 0 Å². The molecule has 1 heterocycles. The van der Waals surface area contributed by atoms with Crippen molar-refractivity contribution in [3.63, 3.8) is 0 Å². The smallest absolute Gasteiger partial charge is 0.246 e. The summed E-state index contributed by atoms with van der Waals surface area (Å²) >= 11 is 0. The quantitative estimate of drug-likeness (QED) is 0.903. The number of nitrogens with zero attached hydrogens (tertiary/aromatic N) is 2. The van der Waals surface area contributed by atoms with Gasteiger partial charge in [-0.05, 0) is 57.8 Å². The van der Waals surface area contributed by atoms with Gasteiger partial charge >= 0.3 is 0 Å². The molecular formula is C16H27N3O2. The Hall–Kier alpha value is -0.940. The van der Waals surface area contributed by atoms with Crippen molar-refractivity contribution in [1.82, 2.24) is 10.1 Å². The first-order valence-electron chi connectivity index (χ1n) is 8.25. The van der Waals surface area contributed by atoms with Crippen LogP contribution >= 0.6 is 0 Å². The minimum atomic E-state index is -0.501. The number of nitrogens with two attached hydrogens (primary N) is 1. The molecule has 118 valence electrons. The van der Waals surface area contributed by atoms with Crippen LogP contribution in [-0.4, -0.2) is 16.7 Å². The van der Waals surface area contributed by atoms with Crippen molar-refractivity contribution in [2.24, 2.45) is 17.6 Å². The molecule has 3 rings (SSSR count). The summed E-state index contributed by atoms with van der Waals surface area (Å²) in [4.78, 5) is 4.66. The molecule has 2 N–H and O–H groups in total. The van der Waals surface area contributed by atoms with E-state index >= 15 is 0 Å². The number of rotatable bonds is 5. The molecule has 0 saturated heterocycles. The minimum absolute atomic E-state index is 0.381. The van der Waals surface area contributed by atoms with Crippen LogP contribution in [-0.2, 0) is 15.9 Å². The summed E-state index contributed by atoms with van der Waals surface area (Å²) in [7, 11) is 0. The Balaban J connectivity index is 1.88. The Morgan fingerprint density at radius 1 is 1.43 bits per heavy atom. The average molecular weight is 293 g/mol. The van der Waals surface area contributed by atoms with E-state index in [0.29, 0.717) is 30.2 Å². The molecule has 0 aliphatic heterocycles. The molecular weight excluding hydrogens is 266 g/mol. The van der Waals surface area contributed by atoms with Gasteiger partial charge in [0, 0.05) is 6.61 Å². The van der Waals surface area contributed by atoms with Gasteiger partial charge in [0.15, 0.2) is 0 Å². The summed E-state index contributed by atoms with van der Waals surface area (Å²) in [6.07, 6.45) is 6.62. The summed E-state index contributed by atoms with van der Waals surface area (Å²) < 4.78 is 11.6. The number of hydrogen-bond acceptors (Lipinski definition) is 5. The highest BCUT2D eigenvalue weighted by molar-refractivity contribution is 5.11. The summed E-state index contributed by atoms with van der Waals surface area (Å²) in [5, 5.41) is 4.25. The normalized spacial score (nSPS) is 32.9. The van der Waals surface area contributed by atoms with Gasteiger partial charge in [-0.15, -0.1) is 0 Å². The average Bonchev–Trinajstić information content (AvgIpc) is 3.16. The molecule has 0 amide bonds. The highest BCUT2D eigenvalue weighted by Crippen LogP contribution is 2.45. The highest BCUT2D eigenvalue weighted by Gasteiger charge is 2.46. The van der Waals surface area contributed by atoms with Gasteiger partial charge in [-0.2, -0.15) is 4.98 Å². The molecule has 0 radical (unpaired) electrons. The van der Waals surface area contributed by atoms with Crippen molar-refractivity contribution in [2.75, 3.05) is 6.61 Å². The lowest BCUT2D eigenvalue weighted by molar-refractivity contribution is -0.0891. The van der Waals surface area contributed by atoms with Crippen molar-refractivity contribution in [3.05, 3.63) is 11.7 Å². The molecule has 1 aromatic heterocycles. The Morgan fingerprint density at radius 3 is 2.81 bits per heavy atom. The lowest BCUT2D eigenvalue weighted by Crippen LogP contribution is -2.38. The SMILES string of the molecule is CCOC1(c2noc(C(C)(N)C3CC3)n2)CCCC(C)C1. The Morgan fingerprint density at radius 2 is 2.19 bits per heavy atom. The van der Waals surface area contributed by atoms with Crippen molar-refractivity contribution in [2.45, 2.75) is 70.4 Å². The summed E-state index contributed by atoms with van der Waals surface area (Å²) in [5.74, 6) is 2.36. The van der Waals surface area contributed by atoms with Crippen molar-refractivity contribution < 1.29 is 9.26 Å². The molecule has 0 aromatic carbocycles. The predicted molar refractivity (Wildman–Crippen MR) is 79.5 cm³/mol. The topological polar surface area (TPSA) is 74.2 Å². The molecule has 5 nitrogen and oxygen atoms in total. The van der Waals surface area contributed by atoms with Crippen LogP contribution in [0.25, 0.3) is 0 Å². The fourth-order valence-corrected chi connectivity index (χ4v) is 3.66. The lowest BCUT2D eigenvalue weighted by Gasteiger charge is -2.37. The Labute approximate surface area is 126 Å². The number of aromatic nitrogens is 2. The van der Waals surface area contributed by atoms with Gasteiger partial charge in [0.2, 0.25) is 11.7 Å². The van der Waals surface area contributed by atoms with E-state index < -0.39 is 5.54 Å². The number of hydrogen-bond donors (Lipinski definition) is 1.